The van der Waals surface area contributed by atoms with Gasteiger partial charge in [0, 0.05) is 18.1 Å². The molecule has 1 unspecified atom stereocenters. The summed E-state index contributed by atoms with van der Waals surface area (Å²) in [6, 6.07) is 1.85. The number of pyridine rings is 1. The molecule has 0 bridgehead atoms. The molecular weight excluding hydrogens is 232 g/mol. The topological polar surface area (TPSA) is 38.9 Å². The zero-order chi connectivity index (χ0) is 12.5. The minimum Gasteiger partial charge on any atom is -0.398 e. The number of halogens is 1. The number of hydrogen-bond acceptors (Lipinski definition) is 2. The highest BCUT2D eigenvalue weighted by Gasteiger charge is 2.27. The van der Waals surface area contributed by atoms with Crippen LogP contribution in [0.15, 0.2) is 30.1 Å². The van der Waals surface area contributed by atoms with E-state index in [1.807, 2.05) is 12.3 Å². The lowest BCUT2D eigenvalue weighted by atomic mass is 9.76. The van der Waals surface area contributed by atoms with Crippen molar-refractivity contribution in [3.63, 3.8) is 0 Å². The van der Waals surface area contributed by atoms with Crippen molar-refractivity contribution in [2.45, 2.75) is 38.5 Å². The molecule has 1 aliphatic carbocycles. The number of anilines is 1. The molecule has 1 aliphatic rings. The third-order valence-electron chi connectivity index (χ3n) is 3.23. The molecule has 2 N–H and O–H groups in total. The van der Waals surface area contributed by atoms with Gasteiger partial charge < -0.3 is 5.73 Å². The van der Waals surface area contributed by atoms with Crippen molar-refractivity contribution in [2.24, 2.45) is 5.41 Å². The van der Waals surface area contributed by atoms with Gasteiger partial charge in [-0.3, -0.25) is 4.98 Å². The molecule has 0 aliphatic heterocycles. The first-order valence-corrected chi connectivity index (χ1v) is 6.42. The highest BCUT2D eigenvalue weighted by Crippen LogP contribution is 2.38. The Kier molecular flexibility index (Phi) is 3.43. The van der Waals surface area contributed by atoms with Crippen molar-refractivity contribution in [3.8, 4) is 0 Å². The standard InChI is InChI=1S/C14H19ClN2/c1-14(2)7-10(6-12(15)8-14)5-11-9-17-4-3-13(11)16/h3-4,6,9,12H,5,7-8H2,1-2H3,(H2,16,17). The Morgan fingerprint density at radius 1 is 1.53 bits per heavy atom. The molecular formula is C14H19ClN2. The third-order valence-corrected chi connectivity index (χ3v) is 3.51. The monoisotopic (exact) mass is 250 g/mol. The first kappa shape index (κ1) is 12.4. The molecule has 0 saturated carbocycles. The van der Waals surface area contributed by atoms with Gasteiger partial charge in [0.25, 0.3) is 0 Å². The second-order valence-electron chi connectivity index (χ2n) is 5.64. The Bertz CT molecular complexity index is 438. The van der Waals surface area contributed by atoms with Crippen LogP contribution >= 0.6 is 11.6 Å². The summed E-state index contributed by atoms with van der Waals surface area (Å²) in [4.78, 5) is 4.13. The third kappa shape index (κ3) is 3.22. The van der Waals surface area contributed by atoms with Crippen LogP contribution in [0.5, 0.6) is 0 Å². The maximum absolute atomic E-state index is 6.28. The van der Waals surface area contributed by atoms with E-state index in [-0.39, 0.29) is 10.8 Å². The van der Waals surface area contributed by atoms with Crippen LogP contribution in [-0.2, 0) is 6.42 Å². The maximum Gasteiger partial charge on any atom is 0.0523 e. The molecule has 2 rings (SSSR count). The quantitative estimate of drug-likeness (QED) is 0.644. The van der Waals surface area contributed by atoms with Crippen LogP contribution in [0.2, 0.25) is 0 Å². The molecule has 0 aromatic carbocycles. The first-order valence-electron chi connectivity index (χ1n) is 5.98. The SMILES string of the molecule is CC1(C)CC(Cc2cnccc2N)=CC(Cl)C1. The van der Waals surface area contributed by atoms with Crippen molar-refractivity contribution >= 4 is 17.3 Å². The van der Waals surface area contributed by atoms with E-state index < -0.39 is 0 Å². The normalized spacial score (nSPS) is 23.2. The summed E-state index contributed by atoms with van der Waals surface area (Å²) in [6.07, 6.45) is 8.75. The van der Waals surface area contributed by atoms with Gasteiger partial charge in [-0.25, -0.2) is 0 Å². The summed E-state index contributed by atoms with van der Waals surface area (Å²) < 4.78 is 0. The Balaban J connectivity index is 2.17. The number of allylic oxidation sites excluding steroid dienone is 2. The van der Waals surface area contributed by atoms with E-state index in [0.717, 1.165) is 30.5 Å². The molecule has 2 nitrogen and oxygen atoms in total. The van der Waals surface area contributed by atoms with Crippen molar-refractivity contribution < 1.29 is 0 Å². The van der Waals surface area contributed by atoms with Gasteiger partial charge in [-0.05, 0) is 36.3 Å². The van der Waals surface area contributed by atoms with Crippen LogP contribution < -0.4 is 5.73 Å². The molecule has 0 radical (unpaired) electrons. The zero-order valence-electron chi connectivity index (χ0n) is 10.4. The number of nitrogens with two attached hydrogens (primary N) is 1. The van der Waals surface area contributed by atoms with Gasteiger partial charge in [0.1, 0.15) is 0 Å². The van der Waals surface area contributed by atoms with Crippen LogP contribution in [0.3, 0.4) is 0 Å². The number of hydrogen-bond donors (Lipinski definition) is 1. The smallest absolute Gasteiger partial charge is 0.0523 e. The summed E-state index contributed by atoms with van der Waals surface area (Å²) in [5, 5.41) is 0.145. The fraction of sp³-hybridized carbons (Fsp3) is 0.500. The van der Waals surface area contributed by atoms with Crippen LogP contribution in [0, 0.1) is 5.41 Å². The minimum atomic E-state index is 0.145. The van der Waals surface area contributed by atoms with Crippen molar-refractivity contribution in [2.75, 3.05) is 5.73 Å². The summed E-state index contributed by atoms with van der Waals surface area (Å²) in [5.41, 5.74) is 9.51. The maximum atomic E-state index is 6.28. The van der Waals surface area contributed by atoms with E-state index in [1.165, 1.54) is 5.57 Å². The second kappa shape index (κ2) is 4.69. The van der Waals surface area contributed by atoms with Gasteiger partial charge >= 0.3 is 0 Å². The molecule has 17 heavy (non-hydrogen) atoms. The fourth-order valence-electron chi connectivity index (χ4n) is 2.54. The van der Waals surface area contributed by atoms with Crippen LogP contribution in [0.4, 0.5) is 5.69 Å². The second-order valence-corrected chi connectivity index (χ2v) is 6.20. The Morgan fingerprint density at radius 3 is 2.94 bits per heavy atom. The van der Waals surface area contributed by atoms with Crippen LogP contribution in [0.1, 0.15) is 32.3 Å². The highest BCUT2D eigenvalue weighted by molar-refractivity contribution is 6.21. The molecule has 1 atom stereocenters. The van der Waals surface area contributed by atoms with E-state index in [2.05, 4.69) is 24.9 Å². The number of nitrogens with zero attached hydrogens (tertiary/aromatic N) is 1. The first-order chi connectivity index (χ1) is 7.96. The molecule has 0 amide bonds. The van der Waals surface area contributed by atoms with E-state index in [9.17, 15) is 0 Å². The largest absolute Gasteiger partial charge is 0.398 e. The van der Waals surface area contributed by atoms with E-state index in [1.54, 1.807) is 6.20 Å². The average Bonchev–Trinajstić information content (AvgIpc) is 2.18. The Labute approximate surface area is 108 Å². The minimum absolute atomic E-state index is 0.145. The lowest BCUT2D eigenvalue weighted by molar-refractivity contribution is 0.320. The number of nitrogen functional groups attached to an aromatic ring is 1. The van der Waals surface area contributed by atoms with E-state index in [4.69, 9.17) is 17.3 Å². The molecule has 0 spiro atoms. The molecule has 1 heterocycles. The number of aromatic nitrogens is 1. The van der Waals surface area contributed by atoms with Crippen molar-refractivity contribution in [3.05, 3.63) is 35.7 Å². The van der Waals surface area contributed by atoms with Crippen molar-refractivity contribution in [1.82, 2.24) is 4.98 Å². The van der Waals surface area contributed by atoms with Gasteiger partial charge in [-0.15, -0.1) is 11.6 Å². The number of alkyl halides is 1. The van der Waals surface area contributed by atoms with Crippen LogP contribution in [-0.4, -0.2) is 10.4 Å². The summed E-state index contributed by atoms with van der Waals surface area (Å²) in [5.74, 6) is 0. The van der Waals surface area contributed by atoms with Crippen LogP contribution in [0.25, 0.3) is 0 Å². The highest BCUT2D eigenvalue weighted by atomic mass is 35.5. The summed E-state index contributed by atoms with van der Waals surface area (Å²) in [7, 11) is 0. The molecule has 0 fully saturated rings. The fourth-order valence-corrected chi connectivity index (χ4v) is 3.14. The van der Waals surface area contributed by atoms with Gasteiger partial charge in [-0.2, -0.15) is 0 Å². The molecule has 92 valence electrons. The summed E-state index contributed by atoms with van der Waals surface area (Å²) in [6.45, 7) is 4.53. The lowest BCUT2D eigenvalue weighted by Crippen LogP contribution is -2.23. The van der Waals surface area contributed by atoms with E-state index >= 15 is 0 Å². The van der Waals surface area contributed by atoms with Gasteiger partial charge in [0.15, 0.2) is 0 Å². The van der Waals surface area contributed by atoms with Gasteiger partial charge in [-0.1, -0.05) is 25.5 Å². The predicted molar refractivity (Wildman–Crippen MR) is 73.1 cm³/mol. The summed E-state index contributed by atoms with van der Waals surface area (Å²) >= 11 is 6.28. The van der Waals surface area contributed by atoms with Crippen molar-refractivity contribution in [1.29, 1.82) is 0 Å². The predicted octanol–water partition coefficient (Wildman–Crippen LogP) is 3.56. The molecule has 1 aromatic rings. The Morgan fingerprint density at radius 2 is 2.29 bits per heavy atom. The molecule has 0 saturated heterocycles. The van der Waals surface area contributed by atoms with Gasteiger partial charge in [0.05, 0.1) is 5.38 Å². The zero-order valence-corrected chi connectivity index (χ0v) is 11.2. The Hall–Kier alpha value is -1.02. The average molecular weight is 251 g/mol. The molecule has 3 heteroatoms. The van der Waals surface area contributed by atoms with E-state index in [0.29, 0.717) is 0 Å². The van der Waals surface area contributed by atoms with Gasteiger partial charge in [0.2, 0.25) is 0 Å². The molecule has 1 aromatic heterocycles. The number of rotatable bonds is 2. The lowest BCUT2D eigenvalue weighted by Gasteiger charge is -2.32.